The number of halogens is 1. The predicted octanol–water partition coefficient (Wildman–Crippen LogP) is 3.29. The van der Waals surface area contributed by atoms with Gasteiger partial charge in [-0.3, -0.25) is 0 Å². The maximum Gasteiger partial charge on any atom is 0.129 e. The molecule has 1 heterocycles. The fourth-order valence-electron chi connectivity index (χ4n) is 2.50. The fraction of sp³-hybridized carbons (Fsp3) is 0.600. The van der Waals surface area contributed by atoms with Crippen molar-refractivity contribution in [1.82, 2.24) is 5.32 Å². The van der Waals surface area contributed by atoms with Gasteiger partial charge in [-0.05, 0) is 18.9 Å². The van der Waals surface area contributed by atoms with Gasteiger partial charge in [-0.2, -0.15) is 0 Å². The van der Waals surface area contributed by atoms with E-state index in [-0.39, 0.29) is 17.3 Å². The van der Waals surface area contributed by atoms with Crippen LogP contribution in [-0.2, 0) is 4.74 Å². The summed E-state index contributed by atoms with van der Waals surface area (Å²) in [5.74, 6) is -0.176. The average molecular weight is 251 g/mol. The summed E-state index contributed by atoms with van der Waals surface area (Å²) in [5, 5.41) is 3.42. The van der Waals surface area contributed by atoms with Crippen LogP contribution in [0.5, 0.6) is 0 Å². The maximum absolute atomic E-state index is 13.8. The lowest BCUT2D eigenvalue weighted by molar-refractivity contribution is 0.00874. The van der Waals surface area contributed by atoms with Crippen LogP contribution >= 0.6 is 0 Å². The fourth-order valence-corrected chi connectivity index (χ4v) is 2.50. The molecule has 3 heteroatoms. The summed E-state index contributed by atoms with van der Waals surface area (Å²) < 4.78 is 19.7. The Kier molecular flexibility index (Phi) is 4.36. The third-order valence-electron chi connectivity index (χ3n) is 4.17. The van der Waals surface area contributed by atoms with Crippen LogP contribution < -0.4 is 5.32 Å². The van der Waals surface area contributed by atoms with Crippen molar-refractivity contribution in [3.05, 3.63) is 35.6 Å². The highest BCUT2D eigenvalue weighted by molar-refractivity contribution is 5.20. The van der Waals surface area contributed by atoms with Gasteiger partial charge in [-0.15, -0.1) is 0 Å². The van der Waals surface area contributed by atoms with Crippen LogP contribution in [0.1, 0.15) is 38.4 Å². The lowest BCUT2D eigenvalue weighted by Gasteiger charge is -2.29. The van der Waals surface area contributed by atoms with Crippen LogP contribution in [0.15, 0.2) is 24.3 Å². The molecule has 18 heavy (non-hydrogen) atoms. The minimum Gasteiger partial charge on any atom is -0.371 e. The molecule has 1 aliphatic rings. The van der Waals surface area contributed by atoms with Gasteiger partial charge in [0.25, 0.3) is 0 Å². The first-order valence-electron chi connectivity index (χ1n) is 6.77. The second-order valence-electron chi connectivity index (χ2n) is 5.16. The highest BCUT2D eigenvalue weighted by Gasteiger charge is 2.31. The van der Waals surface area contributed by atoms with Gasteiger partial charge in [0, 0.05) is 24.1 Å². The Balaban J connectivity index is 2.12. The second kappa shape index (κ2) is 5.81. The zero-order valence-electron chi connectivity index (χ0n) is 11.2. The molecule has 1 atom stereocenters. The summed E-state index contributed by atoms with van der Waals surface area (Å²) in [6.45, 7) is 6.72. The van der Waals surface area contributed by atoms with Gasteiger partial charge >= 0.3 is 0 Å². The largest absolute Gasteiger partial charge is 0.371 e. The molecule has 0 amide bonds. The molecule has 1 aromatic rings. The van der Waals surface area contributed by atoms with E-state index in [4.69, 9.17) is 4.74 Å². The second-order valence-corrected chi connectivity index (χ2v) is 5.16. The first-order valence-corrected chi connectivity index (χ1v) is 6.77. The van der Waals surface area contributed by atoms with E-state index in [9.17, 15) is 4.39 Å². The molecule has 1 aromatic carbocycles. The normalized spacial score (nSPS) is 23.6. The Hall–Kier alpha value is -0.930. The molecule has 0 radical (unpaired) electrons. The summed E-state index contributed by atoms with van der Waals surface area (Å²) in [5.41, 5.74) is 0.855. The third kappa shape index (κ3) is 2.73. The number of benzene rings is 1. The number of nitrogens with one attached hydrogen (secondary N) is 1. The monoisotopic (exact) mass is 251 g/mol. The lowest BCUT2D eigenvalue weighted by atomic mass is 9.83. The van der Waals surface area contributed by atoms with Crippen LogP contribution in [0, 0.1) is 11.2 Å². The Morgan fingerprint density at radius 2 is 2.06 bits per heavy atom. The number of hydrogen-bond acceptors (Lipinski definition) is 2. The average Bonchev–Trinajstić information content (AvgIpc) is 2.62. The quantitative estimate of drug-likeness (QED) is 0.890. The van der Waals surface area contributed by atoms with Gasteiger partial charge in [-0.25, -0.2) is 4.39 Å². The molecule has 0 saturated carbocycles. The van der Waals surface area contributed by atoms with E-state index < -0.39 is 0 Å². The van der Waals surface area contributed by atoms with Crippen molar-refractivity contribution in [3.8, 4) is 0 Å². The molecule has 1 fully saturated rings. The molecule has 1 N–H and O–H groups in total. The Bertz CT molecular complexity index is 390. The molecule has 2 nitrogen and oxygen atoms in total. The summed E-state index contributed by atoms with van der Waals surface area (Å²) in [6.07, 6.45) is 1.99. The van der Waals surface area contributed by atoms with E-state index in [1.54, 1.807) is 6.07 Å². The smallest absolute Gasteiger partial charge is 0.129 e. The Morgan fingerprint density at radius 1 is 1.33 bits per heavy atom. The van der Waals surface area contributed by atoms with Crippen molar-refractivity contribution in [3.63, 3.8) is 0 Å². The van der Waals surface area contributed by atoms with Gasteiger partial charge in [0.15, 0.2) is 0 Å². The van der Waals surface area contributed by atoms with Crippen molar-refractivity contribution in [2.75, 3.05) is 19.7 Å². The summed E-state index contributed by atoms with van der Waals surface area (Å²) in [7, 11) is 0. The maximum atomic E-state index is 13.8. The molecule has 0 spiro atoms. The standard InChI is InChI=1S/C15H22FNO/c1-3-15(4-2)10-17-9-14(18-11-15)12-7-5-6-8-13(12)16/h5-8,14,17H,3-4,9-11H2,1-2H3. The third-order valence-corrected chi connectivity index (χ3v) is 4.17. The topological polar surface area (TPSA) is 21.3 Å². The molecule has 0 aliphatic carbocycles. The van der Waals surface area contributed by atoms with Crippen LogP contribution in [0.3, 0.4) is 0 Å². The van der Waals surface area contributed by atoms with Crippen molar-refractivity contribution < 1.29 is 9.13 Å². The Morgan fingerprint density at radius 3 is 2.72 bits per heavy atom. The van der Waals surface area contributed by atoms with Crippen LogP contribution in [0.4, 0.5) is 4.39 Å². The van der Waals surface area contributed by atoms with Gasteiger partial charge in [0.05, 0.1) is 12.7 Å². The van der Waals surface area contributed by atoms with Gasteiger partial charge in [-0.1, -0.05) is 32.0 Å². The first-order chi connectivity index (χ1) is 8.71. The van der Waals surface area contributed by atoms with E-state index in [0.29, 0.717) is 18.7 Å². The molecule has 0 aromatic heterocycles. The van der Waals surface area contributed by atoms with Crippen molar-refractivity contribution >= 4 is 0 Å². The van der Waals surface area contributed by atoms with Crippen LogP contribution in [0.25, 0.3) is 0 Å². The first kappa shape index (κ1) is 13.5. The lowest BCUT2D eigenvalue weighted by Crippen LogP contribution is -2.34. The van der Waals surface area contributed by atoms with Crippen molar-refractivity contribution in [2.24, 2.45) is 5.41 Å². The Labute approximate surface area is 109 Å². The van der Waals surface area contributed by atoms with E-state index in [0.717, 1.165) is 19.4 Å². The molecule has 1 unspecified atom stereocenters. The van der Waals surface area contributed by atoms with Gasteiger partial charge in [0.1, 0.15) is 5.82 Å². The van der Waals surface area contributed by atoms with E-state index >= 15 is 0 Å². The molecule has 0 bridgehead atoms. The van der Waals surface area contributed by atoms with E-state index in [1.165, 1.54) is 6.07 Å². The van der Waals surface area contributed by atoms with Crippen LogP contribution in [-0.4, -0.2) is 19.7 Å². The molecular weight excluding hydrogens is 229 g/mol. The zero-order valence-corrected chi connectivity index (χ0v) is 11.2. The molecular formula is C15H22FNO. The molecule has 100 valence electrons. The minimum atomic E-state index is -0.176. The van der Waals surface area contributed by atoms with Gasteiger partial charge < -0.3 is 10.1 Å². The van der Waals surface area contributed by atoms with Crippen LogP contribution in [0.2, 0.25) is 0 Å². The number of hydrogen-bond donors (Lipinski definition) is 1. The van der Waals surface area contributed by atoms with E-state index in [1.807, 2.05) is 12.1 Å². The predicted molar refractivity (Wildman–Crippen MR) is 71.0 cm³/mol. The minimum absolute atomic E-state index is 0.175. The number of rotatable bonds is 3. The highest BCUT2D eigenvalue weighted by Crippen LogP contribution is 2.31. The summed E-state index contributed by atoms with van der Waals surface area (Å²) in [6, 6.07) is 6.88. The zero-order chi connectivity index (χ0) is 13.0. The summed E-state index contributed by atoms with van der Waals surface area (Å²) in [4.78, 5) is 0. The van der Waals surface area contributed by atoms with E-state index in [2.05, 4.69) is 19.2 Å². The van der Waals surface area contributed by atoms with Crippen molar-refractivity contribution in [2.45, 2.75) is 32.8 Å². The van der Waals surface area contributed by atoms with Crippen molar-refractivity contribution in [1.29, 1.82) is 0 Å². The molecule has 1 aliphatic heterocycles. The molecule has 2 rings (SSSR count). The SMILES string of the molecule is CCC1(CC)CNCC(c2ccccc2F)OC1. The number of ether oxygens (including phenoxy) is 1. The summed E-state index contributed by atoms with van der Waals surface area (Å²) >= 11 is 0. The van der Waals surface area contributed by atoms with Gasteiger partial charge in [0.2, 0.25) is 0 Å². The molecule has 1 saturated heterocycles. The highest BCUT2D eigenvalue weighted by atomic mass is 19.1.